The van der Waals surface area contributed by atoms with Crippen LogP contribution in [0.15, 0.2) is 0 Å². The number of sulfonamides is 1. The first kappa shape index (κ1) is 11.5. The monoisotopic (exact) mass is 216 g/mol. The van der Waals surface area contributed by atoms with E-state index in [0.29, 0.717) is 6.42 Å². The molecule has 1 aliphatic carbocycles. The molecule has 1 fully saturated rings. The molecular weight excluding hydrogens is 200 g/mol. The summed E-state index contributed by atoms with van der Waals surface area (Å²) >= 11 is 0. The zero-order valence-corrected chi connectivity index (χ0v) is 9.56. The van der Waals surface area contributed by atoms with E-state index in [0.717, 1.165) is 6.42 Å². The molecule has 1 N–H and O–H groups in total. The topological polar surface area (TPSA) is 70.0 Å². The van der Waals surface area contributed by atoms with Crippen molar-refractivity contribution in [2.45, 2.75) is 44.9 Å². The lowest BCUT2D eigenvalue weighted by molar-refractivity contribution is 0.548. The fourth-order valence-electron chi connectivity index (χ4n) is 1.33. The van der Waals surface area contributed by atoms with Gasteiger partial charge < -0.3 is 0 Å². The van der Waals surface area contributed by atoms with Crippen LogP contribution in [0.5, 0.6) is 0 Å². The Labute approximate surface area is 85.4 Å². The summed E-state index contributed by atoms with van der Waals surface area (Å²) in [5.41, 5.74) is 0.0564. The Hall–Kier alpha value is -0.600. The van der Waals surface area contributed by atoms with Crippen LogP contribution in [0.1, 0.15) is 33.6 Å². The van der Waals surface area contributed by atoms with Crippen molar-refractivity contribution in [2.24, 2.45) is 5.41 Å². The van der Waals surface area contributed by atoms with Gasteiger partial charge in [0.25, 0.3) is 0 Å². The second-order valence-electron chi connectivity index (χ2n) is 4.43. The molecule has 0 aromatic heterocycles. The molecule has 4 nitrogen and oxygen atoms in total. The molecule has 1 rings (SSSR count). The molecule has 0 heterocycles. The first-order valence-electron chi connectivity index (χ1n) is 4.74. The van der Waals surface area contributed by atoms with E-state index in [9.17, 15) is 8.42 Å². The van der Waals surface area contributed by atoms with Gasteiger partial charge in [0.2, 0.25) is 10.0 Å². The van der Waals surface area contributed by atoms with Crippen molar-refractivity contribution in [3.63, 3.8) is 0 Å². The molecule has 2 atom stereocenters. The molecule has 1 saturated carbocycles. The highest BCUT2D eigenvalue weighted by molar-refractivity contribution is 7.90. The summed E-state index contributed by atoms with van der Waals surface area (Å²) in [6.07, 6.45) is 1.19. The normalized spacial score (nSPS) is 26.6. The van der Waals surface area contributed by atoms with Gasteiger partial charge in [-0.15, -0.1) is 0 Å². The standard InChI is InChI=1S/C9H16N2O2S/c1-4-7(6-10)14(12,13)11-8-5-9(8,2)3/h7-8,11H,4-5H2,1-3H3. The minimum Gasteiger partial charge on any atom is -0.211 e. The van der Waals surface area contributed by atoms with E-state index < -0.39 is 15.3 Å². The Morgan fingerprint density at radius 2 is 2.14 bits per heavy atom. The quantitative estimate of drug-likeness (QED) is 0.762. The Morgan fingerprint density at radius 1 is 1.64 bits per heavy atom. The molecular formula is C9H16N2O2S. The second kappa shape index (κ2) is 3.52. The molecule has 0 aliphatic heterocycles. The van der Waals surface area contributed by atoms with Crippen molar-refractivity contribution in [1.82, 2.24) is 4.72 Å². The van der Waals surface area contributed by atoms with E-state index in [1.54, 1.807) is 13.0 Å². The van der Waals surface area contributed by atoms with Crippen LogP contribution in [0.2, 0.25) is 0 Å². The highest BCUT2D eigenvalue weighted by Gasteiger charge is 2.48. The third kappa shape index (κ3) is 2.25. The lowest BCUT2D eigenvalue weighted by Gasteiger charge is -2.10. The molecule has 0 amide bonds. The summed E-state index contributed by atoms with van der Waals surface area (Å²) in [7, 11) is -3.44. The van der Waals surface area contributed by atoms with Crippen molar-refractivity contribution in [3.8, 4) is 6.07 Å². The second-order valence-corrected chi connectivity index (χ2v) is 6.33. The third-order valence-electron chi connectivity index (χ3n) is 2.71. The van der Waals surface area contributed by atoms with Gasteiger partial charge in [0.15, 0.2) is 5.25 Å². The van der Waals surface area contributed by atoms with Gasteiger partial charge in [-0.2, -0.15) is 5.26 Å². The number of hydrogen-bond donors (Lipinski definition) is 1. The molecule has 0 spiro atoms. The highest BCUT2D eigenvalue weighted by Crippen LogP contribution is 2.45. The molecule has 1 aliphatic rings. The molecule has 0 bridgehead atoms. The molecule has 80 valence electrons. The molecule has 5 heteroatoms. The Morgan fingerprint density at radius 3 is 2.43 bits per heavy atom. The smallest absolute Gasteiger partial charge is 0.211 e. The van der Waals surface area contributed by atoms with Crippen LogP contribution in [0.4, 0.5) is 0 Å². The van der Waals surface area contributed by atoms with E-state index >= 15 is 0 Å². The first-order chi connectivity index (χ1) is 6.33. The highest BCUT2D eigenvalue weighted by atomic mass is 32.2. The van der Waals surface area contributed by atoms with Gasteiger partial charge >= 0.3 is 0 Å². The van der Waals surface area contributed by atoms with Crippen LogP contribution < -0.4 is 4.72 Å². The summed E-state index contributed by atoms with van der Waals surface area (Å²) < 4.78 is 25.8. The SMILES string of the molecule is CCC(C#N)S(=O)(=O)NC1CC1(C)C. The Balaban J connectivity index is 2.65. The maximum Gasteiger partial charge on any atom is 0.228 e. The molecule has 0 aromatic carbocycles. The predicted octanol–water partition coefficient (Wildman–Crippen LogP) is 1.01. The van der Waals surface area contributed by atoms with Crippen molar-refractivity contribution in [3.05, 3.63) is 0 Å². The zero-order valence-electron chi connectivity index (χ0n) is 8.74. The summed E-state index contributed by atoms with van der Waals surface area (Å²) in [6, 6.07) is 1.81. The number of nitrogens with one attached hydrogen (secondary N) is 1. The molecule has 0 saturated heterocycles. The lowest BCUT2D eigenvalue weighted by Crippen LogP contribution is -2.36. The van der Waals surface area contributed by atoms with Gasteiger partial charge in [0.05, 0.1) is 6.07 Å². The van der Waals surface area contributed by atoms with E-state index in [2.05, 4.69) is 4.72 Å². The minimum absolute atomic E-state index is 0.00917. The fourth-order valence-corrected chi connectivity index (χ4v) is 2.87. The van der Waals surface area contributed by atoms with Crippen LogP contribution in [0.25, 0.3) is 0 Å². The third-order valence-corrected chi connectivity index (χ3v) is 4.51. The van der Waals surface area contributed by atoms with Crippen molar-refractivity contribution in [1.29, 1.82) is 5.26 Å². The van der Waals surface area contributed by atoms with Crippen LogP contribution in [0, 0.1) is 16.7 Å². The van der Waals surface area contributed by atoms with Crippen LogP contribution in [-0.4, -0.2) is 19.7 Å². The van der Waals surface area contributed by atoms with Crippen LogP contribution in [0.3, 0.4) is 0 Å². The van der Waals surface area contributed by atoms with E-state index in [-0.39, 0.29) is 11.5 Å². The molecule has 14 heavy (non-hydrogen) atoms. The maximum absolute atomic E-state index is 11.6. The number of hydrogen-bond acceptors (Lipinski definition) is 3. The number of nitrogens with zero attached hydrogens (tertiary/aromatic N) is 1. The van der Waals surface area contributed by atoms with Gasteiger partial charge in [0.1, 0.15) is 0 Å². The van der Waals surface area contributed by atoms with Gasteiger partial charge in [-0.05, 0) is 18.3 Å². The number of rotatable bonds is 4. The maximum atomic E-state index is 11.6. The van der Waals surface area contributed by atoms with E-state index in [1.807, 2.05) is 13.8 Å². The largest absolute Gasteiger partial charge is 0.228 e. The Kier molecular flexibility index (Phi) is 2.88. The average Bonchev–Trinajstić information content (AvgIpc) is 2.58. The average molecular weight is 216 g/mol. The summed E-state index contributed by atoms with van der Waals surface area (Å²) in [5.74, 6) is 0. The zero-order chi connectivity index (χ0) is 11.0. The van der Waals surface area contributed by atoms with Gasteiger partial charge in [0, 0.05) is 6.04 Å². The predicted molar refractivity (Wildman–Crippen MR) is 53.9 cm³/mol. The van der Waals surface area contributed by atoms with Crippen molar-refractivity contribution in [2.75, 3.05) is 0 Å². The molecule has 2 unspecified atom stereocenters. The van der Waals surface area contributed by atoms with Gasteiger partial charge in [-0.1, -0.05) is 20.8 Å². The number of nitriles is 1. The van der Waals surface area contributed by atoms with Crippen molar-refractivity contribution < 1.29 is 8.42 Å². The Bertz CT molecular complexity index is 353. The van der Waals surface area contributed by atoms with Crippen LogP contribution >= 0.6 is 0 Å². The fraction of sp³-hybridized carbons (Fsp3) is 0.889. The van der Waals surface area contributed by atoms with E-state index in [4.69, 9.17) is 5.26 Å². The molecule has 0 aromatic rings. The van der Waals surface area contributed by atoms with E-state index in [1.165, 1.54) is 0 Å². The first-order valence-corrected chi connectivity index (χ1v) is 6.29. The van der Waals surface area contributed by atoms with Crippen molar-refractivity contribution >= 4 is 10.0 Å². The minimum atomic E-state index is -3.44. The molecule has 0 radical (unpaired) electrons. The van der Waals surface area contributed by atoms with Gasteiger partial charge in [-0.3, -0.25) is 0 Å². The lowest BCUT2D eigenvalue weighted by atomic mass is 10.2. The van der Waals surface area contributed by atoms with Gasteiger partial charge in [-0.25, -0.2) is 13.1 Å². The summed E-state index contributed by atoms with van der Waals surface area (Å²) in [4.78, 5) is 0. The van der Waals surface area contributed by atoms with Crippen LogP contribution in [-0.2, 0) is 10.0 Å². The summed E-state index contributed by atoms with van der Waals surface area (Å²) in [6.45, 7) is 5.71. The summed E-state index contributed by atoms with van der Waals surface area (Å²) in [5, 5.41) is 7.74.